The average molecular weight is 420 g/mol. The van der Waals surface area contributed by atoms with Gasteiger partial charge in [0, 0.05) is 10.6 Å². The van der Waals surface area contributed by atoms with Crippen LogP contribution in [0.4, 0.5) is 10.1 Å². The lowest BCUT2D eigenvalue weighted by molar-refractivity contribution is -0.138. The number of esters is 1. The molecule has 0 fully saturated rings. The third-order valence-electron chi connectivity index (χ3n) is 3.71. The van der Waals surface area contributed by atoms with Crippen molar-refractivity contribution in [3.8, 4) is 5.75 Å². The molecule has 2 aromatic carbocycles. The van der Waals surface area contributed by atoms with E-state index in [1.165, 1.54) is 18.2 Å². The maximum absolute atomic E-state index is 13.6. The van der Waals surface area contributed by atoms with E-state index in [1.807, 2.05) is 0 Å². The van der Waals surface area contributed by atoms with Crippen molar-refractivity contribution in [2.45, 2.75) is 6.92 Å². The van der Waals surface area contributed by atoms with E-state index >= 15 is 0 Å². The Labute approximate surface area is 169 Å². The quantitative estimate of drug-likeness (QED) is 0.650. The number of phenolic OH excluding ortho intramolecular Hbond substituents is 1. The Kier molecular flexibility index (Phi) is 6.06. The normalized spacial score (nSPS) is 16.8. The molecule has 0 saturated heterocycles. The number of aromatic hydroxyl groups is 1. The molecule has 0 atom stereocenters. The SMILES string of the molecule is CCOC(=O)C1=C(O)/C(=C\c2cccc(F)c2O)SC1=Nc1cccc(Cl)c1. The number of para-hydroxylation sites is 1. The van der Waals surface area contributed by atoms with Crippen molar-refractivity contribution in [1.82, 2.24) is 0 Å². The van der Waals surface area contributed by atoms with Crippen molar-refractivity contribution in [2.75, 3.05) is 6.61 Å². The summed E-state index contributed by atoms with van der Waals surface area (Å²) in [6.07, 6.45) is 1.37. The Bertz CT molecular complexity index is 1030. The number of hydrogen-bond donors (Lipinski definition) is 2. The van der Waals surface area contributed by atoms with Gasteiger partial charge in [-0.3, -0.25) is 0 Å². The van der Waals surface area contributed by atoms with Crippen LogP contribution in [0.1, 0.15) is 12.5 Å². The van der Waals surface area contributed by atoms with Gasteiger partial charge in [0.25, 0.3) is 0 Å². The summed E-state index contributed by atoms with van der Waals surface area (Å²) in [5.74, 6) is -2.44. The molecule has 0 bridgehead atoms. The molecule has 1 heterocycles. The second-order valence-electron chi connectivity index (χ2n) is 5.63. The fraction of sp³-hybridized carbons (Fsp3) is 0.100. The molecule has 0 amide bonds. The number of ether oxygens (including phenoxy) is 1. The van der Waals surface area contributed by atoms with Gasteiger partial charge >= 0.3 is 5.97 Å². The highest BCUT2D eigenvalue weighted by molar-refractivity contribution is 8.18. The van der Waals surface area contributed by atoms with E-state index in [4.69, 9.17) is 16.3 Å². The van der Waals surface area contributed by atoms with Crippen molar-refractivity contribution in [1.29, 1.82) is 0 Å². The first kappa shape index (κ1) is 20.0. The second kappa shape index (κ2) is 8.50. The average Bonchev–Trinajstić information content (AvgIpc) is 2.94. The van der Waals surface area contributed by atoms with Crippen LogP contribution in [0.5, 0.6) is 5.75 Å². The predicted octanol–water partition coefficient (Wildman–Crippen LogP) is 5.38. The Hall–Kier alpha value is -2.77. The van der Waals surface area contributed by atoms with Crippen LogP contribution in [0.3, 0.4) is 0 Å². The summed E-state index contributed by atoms with van der Waals surface area (Å²) >= 11 is 6.97. The van der Waals surface area contributed by atoms with Crippen LogP contribution in [-0.2, 0) is 9.53 Å². The van der Waals surface area contributed by atoms with Gasteiger partial charge in [-0.15, -0.1) is 0 Å². The number of halogens is 2. The van der Waals surface area contributed by atoms with E-state index in [-0.39, 0.29) is 33.5 Å². The van der Waals surface area contributed by atoms with Gasteiger partial charge in [0.15, 0.2) is 11.6 Å². The van der Waals surface area contributed by atoms with Crippen molar-refractivity contribution in [3.63, 3.8) is 0 Å². The Morgan fingerprint density at radius 2 is 2.04 bits per heavy atom. The number of aliphatic imine (C=N–C) groups is 1. The number of benzene rings is 2. The number of rotatable bonds is 4. The summed E-state index contributed by atoms with van der Waals surface area (Å²) in [5, 5.41) is 21.1. The molecule has 0 unspecified atom stereocenters. The number of hydrogen-bond acceptors (Lipinski definition) is 6. The summed E-state index contributed by atoms with van der Waals surface area (Å²) in [6, 6.07) is 10.7. The number of thioether (sulfide) groups is 1. The van der Waals surface area contributed by atoms with Gasteiger partial charge < -0.3 is 14.9 Å². The summed E-state index contributed by atoms with van der Waals surface area (Å²) in [5.41, 5.74) is 0.537. The van der Waals surface area contributed by atoms with Gasteiger partial charge in [-0.25, -0.2) is 14.2 Å². The highest BCUT2D eigenvalue weighted by Crippen LogP contribution is 2.41. The summed E-state index contributed by atoms with van der Waals surface area (Å²) < 4.78 is 18.6. The lowest BCUT2D eigenvalue weighted by Gasteiger charge is -2.04. The highest BCUT2D eigenvalue weighted by atomic mass is 35.5. The van der Waals surface area contributed by atoms with Crippen LogP contribution in [-0.4, -0.2) is 27.8 Å². The summed E-state index contributed by atoms with van der Waals surface area (Å²) in [7, 11) is 0. The van der Waals surface area contributed by atoms with Crippen molar-refractivity contribution >= 4 is 46.1 Å². The summed E-state index contributed by atoms with van der Waals surface area (Å²) in [4.78, 5) is 17.0. The molecule has 1 aliphatic rings. The first-order chi connectivity index (χ1) is 13.4. The largest absolute Gasteiger partial charge is 0.506 e. The molecular formula is C20H15ClFNO4S. The van der Waals surface area contributed by atoms with Crippen LogP contribution >= 0.6 is 23.4 Å². The zero-order valence-corrected chi connectivity index (χ0v) is 16.2. The van der Waals surface area contributed by atoms with Crippen molar-refractivity contribution < 1.29 is 24.1 Å². The maximum atomic E-state index is 13.6. The van der Waals surface area contributed by atoms with Gasteiger partial charge in [0.2, 0.25) is 0 Å². The monoisotopic (exact) mass is 419 g/mol. The zero-order chi connectivity index (χ0) is 20.3. The third kappa shape index (κ3) is 4.21. The van der Waals surface area contributed by atoms with Crippen molar-refractivity contribution in [2.24, 2.45) is 4.99 Å². The van der Waals surface area contributed by atoms with Crippen LogP contribution in [0, 0.1) is 5.82 Å². The van der Waals surface area contributed by atoms with Gasteiger partial charge in [-0.1, -0.05) is 41.6 Å². The molecule has 2 N–H and O–H groups in total. The second-order valence-corrected chi connectivity index (χ2v) is 7.10. The van der Waals surface area contributed by atoms with Crippen molar-refractivity contribution in [3.05, 3.63) is 75.1 Å². The molecule has 28 heavy (non-hydrogen) atoms. The number of phenols is 1. The molecular weight excluding hydrogens is 405 g/mol. The minimum Gasteiger partial charge on any atom is -0.506 e. The Balaban J connectivity index is 2.08. The standard InChI is InChI=1S/C20H15ClFNO4S/c1-2-27-20(26)16-18(25)15(9-11-5-3-8-14(22)17(11)24)28-19(16)23-13-7-4-6-12(21)10-13/h3-10,24-25H,2H2,1H3/b15-9+,23-19?. The Morgan fingerprint density at radius 1 is 1.29 bits per heavy atom. The Morgan fingerprint density at radius 3 is 2.75 bits per heavy atom. The molecule has 144 valence electrons. The zero-order valence-electron chi connectivity index (χ0n) is 14.6. The van der Waals surface area contributed by atoms with E-state index in [9.17, 15) is 19.4 Å². The lowest BCUT2D eigenvalue weighted by Crippen LogP contribution is -2.12. The third-order valence-corrected chi connectivity index (χ3v) is 4.97. The number of nitrogens with zero attached hydrogens (tertiary/aromatic N) is 1. The minimum absolute atomic E-state index is 0.103. The van der Waals surface area contributed by atoms with E-state index in [0.717, 1.165) is 17.8 Å². The first-order valence-corrected chi connectivity index (χ1v) is 9.42. The fourth-order valence-corrected chi connectivity index (χ4v) is 3.66. The molecule has 0 spiro atoms. The lowest BCUT2D eigenvalue weighted by atomic mass is 10.1. The predicted molar refractivity (Wildman–Crippen MR) is 108 cm³/mol. The van der Waals surface area contributed by atoms with E-state index < -0.39 is 17.5 Å². The molecule has 5 nitrogen and oxygen atoms in total. The van der Waals surface area contributed by atoms with Crippen LogP contribution in [0.2, 0.25) is 5.02 Å². The molecule has 2 aromatic rings. The number of carbonyl (C=O) groups is 1. The van der Waals surface area contributed by atoms with Crippen LogP contribution in [0.25, 0.3) is 6.08 Å². The molecule has 8 heteroatoms. The molecule has 0 aliphatic carbocycles. The smallest absolute Gasteiger partial charge is 0.344 e. The van der Waals surface area contributed by atoms with Crippen LogP contribution in [0.15, 0.2) is 63.7 Å². The van der Waals surface area contributed by atoms with Gasteiger partial charge in [-0.05, 0) is 37.3 Å². The van der Waals surface area contributed by atoms with Gasteiger partial charge in [-0.2, -0.15) is 0 Å². The van der Waals surface area contributed by atoms with E-state index in [1.54, 1.807) is 31.2 Å². The van der Waals surface area contributed by atoms with E-state index in [0.29, 0.717) is 10.7 Å². The molecule has 0 saturated carbocycles. The first-order valence-electron chi connectivity index (χ1n) is 8.23. The molecule has 0 radical (unpaired) electrons. The van der Waals surface area contributed by atoms with Gasteiger partial charge in [0.05, 0.1) is 17.2 Å². The molecule has 0 aromatic heterocycles. The molecule has 1 aliphatic heterocycles. The number of carbonyl (C=O) groups excluding carboxylic acids is 1. The molecule has 3 rings (SSSR count). The fourth-order valence-electron chi connectivity index (χ4n) is 2.44. The van der Waals surface area contributed by atoms with Crippen LogP contribution < -0.4 is 0 Å². The van der Waals surface area contributed by atoms with Gasteiger partial charge in [0.1, 0.15) is 16.4 Å². The number of aliphatic hydroxyl groups is 1. The topological polar surface area (TPSA) is 79.1 Å². The maximum Gasteiger partial charge on any atom is 0.344 e. The number of aliphatic hydroxyl groups excluding tert-OH is 1. The minimum atomic E-state index is -0.792. The van der Waals surface area contributed by atoms with E-state index in [2.05, 4.69) is 4.99 Å². The summed E-state index contributed by atoms with van der Waals surface area (Å²) in [6.45, 7) is 1.77. The highest BCUT2D eigenvalue weighted by Gasteiger charge is 2.33.